The molecule has 4 nitrogen and oxygen atoms in total. The quantitative estimate of drug-likeness (QED) is 0.694. The van der Waals surface area contributed by atoms with Crippen LogP contribution in [-0.4, -0.2) is 13.4 Å². The van der Waals surface area contributed by atoms with Crippen LogP contribution in [0.15, 0.2) is 53.6 Å². The maximum absolute atomic E-state index is 13.4. The first kappa shape index (κ1) is 12.3. The van der Waals surface area contributed by atoms with Crippen LogP contribution in [0.2, 0.25) is 0 Å². The molecule has 1 aliphatic heterocycles. The molecule has 4 rings (SSSR count). The highest BCUT2D eigenvalue weighted by atomic mass is 32.2. The zero-order valence-corrected chi connectivity index (χ0v) is 11.5. The van der Waals surface area contributed by atoms with E-state index in [4.69, 9.17) is 0 Å². The van der Waals surface area contributed by atoms with Gasteiger partial charge in [-0.15, -0.1) is 0 Å². The SMILES string of the molecule is O=S1(=O)Nc2c(ccc3cccnc23)-c2ccc(F)cc21. The second-order valence-corrected chi connectivity index (χ2v) is 6.46. The highest BCUT2D eigenvalue weighted by molar-refractivity contribution is 7.93. The number of fused-ring (bicyclic) bond motifs is 5. The van der Waals surface area contributed by atoms with Crippen molar-refractivity contribution in [2.75, 3.05) is 4.72 Å². The summed E-state index contributed by atoms with van der Waals surface area (Å²) in [4.78, 5) is 4.20. The summed E-state index contributed by atoms with van der Waals surface area (Å²) in [5.41, 5.74) is 2.20. The number of aromatic nitrogens is 1. The summed E-state index contributed by atoms with van der Waals surface area (Å²) in [5.74, 6) is -0.582. The minimum absolute atomic E-state index is 0.0507. The summed E-state index contributed by atoms with van der Waals surface area (Å²) >= 11 is 0. The van der Waals surface area contributed by atoms with Gasteiger partial charge >= 0.3 is 0 Å². The number of halogens is 1. The van der Waals surface area contributed by atoms with Crippen LogP contribution in [-0.2, 0) is 10.0 Å². The molecule has 1 aromatic heterocycles. The van der Waals surface area contributed by atoms with Crippen molar-refractivity contribution >= 4 is 26.6 Å². The number of sulfonamides is 1. The Balaban J connectivity index is 2.16. The molecule has 0 radical (unpaired) electrons. The molecule has 0 saturated carbocycles. The van der Waals surface area contributed by atoms with Gasteiger partial charge in [0.25, 0.3) is 10.0 Å². The van der Waals surface area contributed by atoms with Gasteiger partial charge in [-0.2, -0.15) is 0 Å². The fourth-order valence-corrected chi connectivity index (χ4v) is 3.92. The summed E-state index contributed by atoms with van der Waals surface area (Å²) in [6, 6.07) is 11.1. The largest absolute Gasteiger partial charge is 0.277 e. The van der Waals surface area contributed by atoms with Crippen molar-refractivity contribution in [3.05, 3.63) is 54.5 Å². The fraction of sp³-hybridized carbons (Fsp3) is 0. The molecule has 6 heteroatoms. The molecule has 21 heavy (non-hydrogen) atoms. The zero-order chi connectivity index (χ0) is 14.6. The molecule has 2 heterocycles. The topological polar surface area (TPSA) is 59.1 Å². The van der Waals surface area contributed by atoms with Crippen LogP contribution in [0.25, 0.3) is 22.0 Å². The number of rotatable bonds is 0. The van der Waals surface area contributed by atoms with Gasteiger partial charge in [-0.25, -0.2) is 12.8 Å². The molecule has 1 aliphatic rings. The minimum Gasteiger partial charge on any atom is -0.277 e. The fourth-order valence-electron chi connectivity index (χ4n) is 2.60. The minimum atomic E-state index is -3.80. The molecule has 2 aromatic carbocycles. The Kier molecular flexibility index (Phi) is 2.35. The Labute approximate surface area is 120 Å². The summed E-state index contributed by atoms with van der Waals surface area (Å²) in [6.07, 6.45) is 1.61. The van der Waals surface area contributed by atoms with E-state index in [1.807, 2.05) is 18.2 Å². The van der Waals surface area contributed by atoms with Crippen molar-refractivity contribution in [1.82, 2.24) is 4.98 Å². The molecule has 0 aliphatic carbocycles. The zero-order valence-electron chi connectivity index (χ0n) is 10.7. The van der Waals surface area contributed by atoms with Gasteiger partial charge in [-0.3, -0.25) is 9.71 Å². The van der Waals surface area contributed by atoms with E-state index in [0.717, 1.165) is 11.5 Å². The molecule has 0 spiro atoms. The van der Waals surface area contributed by atoms with Crippen molar-refractivity contribution in [2.45, 2.75) is 4.90 Å². The van der Waals surface area contributed by atoms with Gasteiger partial charge in [0.15, 0.2) is 0 Å². The van der Waals surface area contributed by atoms with Gasteiger partial charge in [-0.1, -0.05) is 24.3 Å². The number of nitrogens with one attached hydrogen (secondary N) is 1. The van der Waals surface area contributed by atoms with E-state index >= 15 is 0 Å². The summed E-state index contributed by atoms with van der Waals surface area (Å²) in [6.45, 7) is 0. The third kappa shape index (κ3) is 1.72. The van der Waals surface area contributed by atoms with Crippen molar-refractivity contribution in [3.63, 3.8) is 0 Å². The highest BCUT2D eigenvalue weighted by Crippen LogP contribution is 2.42. The van der Waals surface area contributed by atoms with Crippen LogP contribution >= 0.6 is 0 Å². The third-order valence-corrected chi connectivity index (χ3v) is 4.92. The molecule has 0 saturated heterocycles. The Hall–Kier alpha value is -2.47. The number of pyridine rings is 1. The lowest BCUT2D eigenvalue weighted by Crippen LogP contribution is -2.19. The van der Waals surface area contributed by atoms with Crippen LogP contribution in [0.5, 0.6) is 0 Å². The molecule has 104 valence electrons. The third-order valence-electron chi connectivity index (χ3n) is 3.53. The maximum atomic E-state index is 13.4. The maximum Gasteiger partial charge on any atom is 0.262 e. The monoisotopic (exact) mass is 300 g/mol. The highest BCUT2D eigenvalue weighted by Gasteiger charge is 2.29. The summed E-state index contributed by atoms with van der Waals surface area (Å²) in [5, 5.41) is 0.838. The molecule has 0 amide bonds. The van der Waals surface area contributed by atoms with Crippen LogP contribution in [0, 0.1) is 5.82 Å². The summed E-state index contributed by atoms with van der Waals surface area (Å²) in [7, 11) is -3.80. The van der Waals surface area contributed by atoms with E-state index in [2.05, 4.69) is 9.71 Å². The molecule has 3 aromatic rings. The van der Waals surface area contributed by atoms with E-state index in [0.29, 0.717) is 22.3 Å². The van der Waals surface area contributed by atoms with Crippen LogP contribution < -0.4 is 4.72 Å². The van der Waals surface area contributed by atoms with E-state index < -0.39 is 15.8 Å². The van der Waals surface area contributed by atoms with Crippen molar-refractivity contribution in [3.8, 4) is 11.1 Å². The average molecular weight is 300 g/mol. The predicted octanol–water partition coefficient (Wildman–Crippen LogP) is 3.16. The van der Waals surface area contributed by atoms with Gasteiger partial charge < -0.3 is 0 Å². The number of benzene rings is 2. The van der Waals surface area contributed by atoms with Gasteiger partial charge in [-0.05, 0) is 18.2 Å². The number of hydrogen-bond acceptors (Lipinski definition) is 3. The number of anilines is 1. The lowest BCUT2D eigenvalue weighted by atomic mass is 10.0. The van der Waals surface area contributed by atoms with E-state index in [1.54, 1.807) is 12.3 Å². The molecule has 0 atom stereocenters. The number of nitrogens with zero attached hydrogens (tertiary/aromatic N) is 1. The second-order valence-electron chi connectivity index (χ2n) is 4.81. The van der Waals surface area contributed by atoms with Crippen molar-refractivity contribution < 1.29 is 12.8 Å². The lowest BCUT2D eigenvalue weighted by Gasteiger charge is -2.22. The molecular weight excluding hydrogens is 291 g/mol. The Bertz CT molecular complexity index is 1000. The smallest absolute Gasteiger partial charge is 0.262 e. The second kappa shape index (κ2) is 4.02. The molecule has 1 N–H and O–H groups in total. The van der Waals surface area contributed by atoms with Crippen LogP contribution in [0.1, 0.15) is 0 Å². The van der Waals surface area contributed by atoms with Crippen LogP contribution in [0.4, 0.5) is 10.1 Å². The van der Waals surface area contributed by atoms with Gasteiger partial charge in [0.1, 0.15) is 5.82 Å². The van der Waals surface area contributed by atoms with Gasteiger partial charge in [0.2, 0.25) is 0 Å². The van der Waals surface area contributed by atoms with Crippen molar-refractivity contribution in [2.24, 2.45) is 0 Å². The normalized spacial score (nSPS) is 15.1. The van der Waals surface area contributed by atoms with E-state index in [9.17, 15) is 12.8 Å². The standard InChI is InChI=1S/C15H9FN2O2S/c16-10-4-6-11-12-5-3-9-2-1-7-17-14(9)15(12)18-21(19,20)13(11)8-10/h1-8,18H. The lowest BCUT2D eigenvalue weighted by molar-refractivity contribution is 0.595. The molecular formula is C15H9FN2O2S. The predicted molar refractivity (Wildman–Crippen MR) is 77.9 cm³/mol. The van der Waals surface area contributed by atoms with Gasteiger partial charge in [0.05, 0.1) is 16.1 Å². The van der Waals surface area contributed by atoms with E-state index in [-0.39, 0.29) is 4.90 Å². The Morgan fingerprint density at radius 3 is 2.71 bits per heavy atom. The Morgan fingerprint density at radius 1 is 1.05 bits per heavy atom. The summed E-state index contributed by atoms with van der Waals surface area (Å²) < 4.78 is 40.5. The average Bonchev–Trinajstić information content (AvgIpc) is 2.47. The van der Waals surface area contributed by atoms with Crippen LogP contribution in [0.3, 0.4) is 0 Å². The van der Waals surface area contributed by atoms with Gasteiger partial charge in [0, 0.05) is 22.7 Å². The first-order valence-electron chi connectivity index (χ1n) is 6.27. The number of hydrogen-bond donors (Lipinski definition) is 1. The molecule has 0 unspecified atom stereocenters. The first-order valence-corrected chi connectivity index (χ1v) is 7.75. The molecule has 0 bridgehead atoms. The first-order chi connectivity index (χ1) is 10.1. The van der Waals surface area contributed by atoms with Crippen molar-refractivity contribution in [1.29, 1.82) is 0 Å². The van der Waals surface area contributed by atoms with E-state index in [1.165, 1.54) is 12.1 Å². The Morgan fingerprint density at radius 2 is 1.86 bits per heavy atom. The molecule has 0 fully saturated rings.